The van der Waals surface area contributed by atoms with Crippen LogP contribution in [0.5, 0.6) is 0 Å². The van der Waals surface area contributed by atoms with E-state index in [2.05, 4.69) is 31.2 Å². The van der Waals surface area contributed by atoms with Gasteiger partial charge in [-0.3, -0.25) is 4.79 Å². The van der Waals surface area contributed by atoms with Gasteiger partial charge in [0.25, 0.3) is 0 Å². The molecule has 0 aromatic heterocycles. The van der Waals surface area contributed by atoms with Gasteiger partial charge in [0.1, 0.15) is 0 Å². The Morgan fingerprint density at radius 1 is 1.29 bits per heavy atom. The number of hydrogen-bond acceptors (Lipinski definition) is 2. The third-order valence-corrected chi connectivity index (χ3v) is 4.36. The Bertz CT molecular complexity index is 441. The average molecular weight is 289 g/mol. The van der Waals surface area contributed by atoms with E-state index in [4.69, 9.17) is 0 Å². The summed E-state index contributed by atoms with van der Waals surface area (Å²) in [4.78, 5) is 14.1. The first-order valence-corrected chi connectivity index (χ1v) is 8.13. The SMILES string of the molecule is Cc1ccc(CCCCC(=O)N2CCCC(CO)C2)cc1. The van der Waals surface area contributed by atoms with E-state index in [1.165, 1.54) is 11.1 Å². The molecule has 1 aromatic carbocycles. The number of aliphatic hydroxyl groups is 1. The molecule has 1 aliphatic heterocycles. The number of unbranched alkanes of at least 4 members (excludes halogenated alkanes) is 1. The zero-order valence-electron chi connectivity index (χ0n) is 13.1. The molecule has 21 heavy (non-hydrogen) atoms. The Morgan fingerprint density at radius 2 is 2.05 bits per heavy atom. The predicted octanol–water partition coefficient (Wildman–Crippen LogP) is 2.94. The lowest BCUT2D eigenvalue weighted by Gasteiger charge is -2.32. The molecule has 2 rings (SSSR count). The normalized spacial score (nSPS) is 18.8. The van der Waals surface area contributed by atoms with Crippen LogP contribution < -0.4 is 0 Å². The van der Waals surface area contributed by atoms with E-state index in [1.54, 1.807) is 0 Å². The van der Waals surface area contributed by atoms with Crippen LogP contribution in [-0.2, 0) is 11.2 Å². The minimum absolute atomic E-state index is 0.206. The molecule has 1 amide bonds. The van der Waals surface area contributed by atoms with Crippen molar-refractivity contribution in [1.82, 2.24) is 4.90 Å². The Balaban J connectivity index is 1.66. The second-order valence-electron chi connectivity index (χ2n) is 6.22. The van der Waals surface area contributed by atoms with Gasteiger partial charge in [0.05, 0.1) is 0 Å². The van der Waals surface area contributed by atoms with Crippen molar-refractivity contribution >= 4 is 5.91 Å². The van der Waals surface area contributed by atoms with Crippen molar-refractivity contribution in [3.8, 4) is 0 Å². The van der Waals surface area contributed by atoms with Crippen LogP contribution >= 0.6 is 0 Å². The Morgan fingerprint density at radius 3 is 2.76 bits per heavy atom. The molecule has 3 heteroatoms. The molecule has 1 aromatic rings. The molecule has 0 radical (unpaired) electrons. The van der Waals surface area contributed by atoms with Crippen molar-refractivity contribution in [2.24, 2.45) is 5.92 Å². The summed E-state index contributed by atoms with van der Waals surface area (Å²) in [7, 11) is 0. The van der Waals surface area contributed by atoms with Gasteiger partial charge in [-0.2, -0.15) is 0 Å². The molecule has 1 unspecified atom stereocenters. The van der Waals surface area contributed by atoms with E-state index in [0.717, 1.165) is 45.2 Å². The number of amides is 1. The van der Waals surface area contributed by atoms with Crippen LogP contribution in [0.4, 0.5) is 0 Å². The van der Waals surface area contributed by atoms with E-state index in [1.807, 2.05) is 4.90 Å². The average Bonchev–Trinajstić information content (AvgIpc) is 2.53. The molecule has 1 atom stereocenters. The summed E-state index contributed by atoms with van der Waals surface area (Å²) < 4.78 is 0. The number of aryl methyl sites for hydroxylation is 2. The van der Waals surface area contributed by atoms with Gasteiger partial charge in [-0.25, -0.2) is 0 Å². The van der Waals surface area contributed by atoms with Gasteiger partial charge in [-0.1, -0.05) is 29.8 Å². The minimum Gasteiger partial charge on any atom is -0.396 e. The summed E-state index contributed by atoms with van der Waals surface area (Å²) in [6.45, 7) is 3.92. The summed E-state index contributed by atoms with van der Waals surface area (Å²) in [5.41, 5.74) is 2.64. The highest BCUT2D eigenvalue weighted by molar-refractivity contribution is 5.76. The van der Waals surface area contributed by atoms with Crippen molar-refractivity contribution < 1.29 is 9.90 Å². The topological polar surface area (TPSA) is 40.5 Å². The van der Waals surface area contributed by atoms with Gasteiger partial charge < -0.3 is 10.0 Å². The Kier molecular flexibility index (Phi) is 6.24. The number of nitrogens with zero attached hydrogens (tertiary/aromatic N) is 1. The van der Waals surface area contributed by atoms with E-state index in [-0.39, 0.29) is 18.4 Å². The van der Waals surface area contributed by atoms with Crippen molar-refractivity contribution in [2.45, 2.75) is 45.4 Å². The molecule has 1 aliphatic rings. The van der Waals surface area contributed by atoms with Crippen LogP contribution in [0.25, 0.3) is 0 Å². The molecule has 1 saturated heterocycles. The molecule has 0 saturated carbocycles. The monoisotopic (exact) mass is 289 g/mol. The van der Waals surface area contributed by atoms with Crippen LogP contribution in [0.3, 0.4) is 0 Å². The molecule has 3 nitrogen and oxygen atoms in total. The van der Waals surface area contributed by atoms with E-state index >= 15 is 0 Å². The van der Waals surface area contributed by atoms with E-state index in [0.29, 0.717) is 6.42 Å². The number of benzene rings is 1. The van der Waals surface area contributed by atoms with Crippen LogP contribution in [0.15, 0.2) is 24.3 Å². The quantitative estimate of drug-likeness (QED) is 0.818. The zero-order valence-corrected chi connectivity index (χ0v) is 13.1. The van der Waals surface area contributed by atoms with Crippen molar-refractivity contribution in [2.75, 3.05) is 19.7 Å². The fourth-order valence-corrected chi connectivity index (χ4v) is 2.96. The number of carbonyl (C=O) groups excluding carboxylic acids is 1. The van der Waals surface area contributed by atoms with Crippen molar-refractivity contribution in [1.29, 1.82) is 0 Å². The standard InChI is InChI=1S/C18H27NO2/c1-15-8-10-16(11-9-15)5-2-3-7-18(21)19-12-4-6-17(13-19)14-20/h8-11,17,20H,2-7,12-14H2,1H3. The third kappa shape index (κ3) is 5.16. The lowest BCUT2D eigenvalue weighted by atomic mass is 9.98. The number of likely N-dealkylation sites (tertiary alicyclic amines) is 1. The molecule has 0 bridgehead atoms. The van der Waals surface area contributed by atoms with E-state index < -0.39 is 0 Å². The number of carbonyl (C=O) groups is 1. The summed E-state index contributed by atoms with van der Waals surface area (Å²) in [5.74, 6) is 0.548. The molecule has 1 fully saturated rings. The Labute approximate surface area is 128 Å². The van der Waals surface area contributed by atoms with Gasteiger partial charge >= 0.3 is 0 Å². The van der Waals surface area contributed by atoms with Crippen LogP contribution in [0.2, 0.25) is 0 Å². The lowest BCUT2D eigenvalue weighted by Crippen LogP contribution is -2.40. The van der Waals surface area contributed by atoms with Crippen LogP contribution in [0.1, 0.15) is 43.2 Å². The first-order chi connectivity index (χ1) is 10.2. The fraction of sp³-hybridized carbons (Fsp3) is 0.611. The highest BCUT2D eigenvalue weighted by atomic mass is 16.3. The second-order valence-corrected chi connectivity index (χ2v) is 6.22. The molecular weight excluding hydrogens is 262 g/mol. The summed E-state index contributed by atoms with van der Waals surface area (Å²) in [5, 5.41) is 9.21. The number of aliphatic hydroxyl groups excluding tert-OH is 1. The molecule has 0 spiro atoms. The third-order valence-electron chi connectivity index (χ3n) is 4.36. The Hall–Kier alpha value is -1.35. The molecule has 1 heterocycles. The van der Waals surface area contributed by atoms with Crippen LogP contribution in [-0.4, -0.2) is 35.6 Å². The maximum absolute atomic E-state index is 12.2. The molecule has 0 aliphatic carbocycles. The van der Waals surface area contributed by atoms with Crippen molar-refractivity contribution in [3.63, 3.8) is 0 Å². The predicted molar refractivity (Wildman–Crippen MR) is 85.1 cm³/mol. The van der Waals surface area contributed by atoms with Gasteiger partial charge in [-0.15, -0.1) is 0 Å². The zero-order chi connectivity index (χ0) is 15.1. The van der Waals surface area contributed by atoms with Crippen molar-refractivity contribution in [3.05, 3.63) is 35.4 Å². The number of piperidine rings is 1. The highest BCUT2D eigenvalue weighted by Gasteiger charge is 2.22. The first-order valence-electron chi connectivity index (χ1n) is 8.13. The number of hydrogen-bond donors (Lipinski definition) is 1. The largest absolute Gasteiger partial charge is 0.396 e. The van der Waals surface area contributed by atoms with Gasteiger partial charge in [0.2, 0.25) is 5.91 Å². The lowest BCUT2D eigenvalue weighted by molar-refractivity contribution is -0.133. The van der Waals surface area contributed by atoms with Gasteiger partial charge in [-0.05, 0) is 50.5 Å². The smallest absolute Gasteiger partial charge is 0.222 e. The number of rotatable bonds is 6. The van der Waals surface area contributed by atoms with Gasteiger partial charge in [0, 0.05) is 26.1 Å². The molecular formula is C18H27NO2. The van der Waals surface area contributed by atoms with E-state index in [9.17, 15) is 9.90 Å². The summed E-state index contributed by atoms with van der Waals surface area (Å²) in [6.07, 6.45) is 5.78. The second kappa shape index (κ2) is 8.18. The maximum Gasteiger partial charge on any atom is 0.222 e. The maximum atomic E-state index is 12.2. The minimum atomic E-state index is 0.206. The molecule has 1 N–H and O–H groups in total. The highest BCUT2D eigenvalue weighted by Crippen LogP contribution is 2.17. The summed E-state index contributed by atoms with van der Waals surface area (Å²) >= 11 is 0. The van der Waals surface area contributed by atoms with Gasteiger partial charge in [0.15, 0.2) is 0 Å². The fourth-order valence-electron chi connectivity index (χ4n) is 2.96. The first kappa shape index (κ1) is 16.0. The summed E-state index contributed by atoms with van der Waals surface area (Å²) in [6, 6.07) is 8.63. The van der Waals surface area contributed by atoms with Crippen LogP contribution in [0, 0.1) is 12.8 Å². The molecule has 116 valence electrons.